The third-order valence-corrected chi connectivity index (χ3v) is 3.15. The van der Waals surface area contributed by atoms with Crippen LogP contribution in [-0.2, 0) is 6.61 Å². The average Bonchev–Trinajstić information content (AvgIpc) is 2.81. The molecule has 19 heavy (non-hydrogen) atoms. The van der Waals surface area contributed by atoms with Crippen molar-refractivity contribution < 1.29 is 9.47 Å². The molecule has 2 aromatic rings. The molecule has 0 saturated carbocycles. The van der Waals surface area contributed by atoms with Crippen LogP contribution in [0.5, 0.6) is 11.5 Å². The smallest absolute Gasteiger partial charge is 0.155 e. The third-order valence-electron chi connectivity index (χ3n) is 2.34. The molecule has 0 fully saturated rings. The minimum atomic E-state index is 0.456. The van der Waals surface area contributed by atoms with E-state index in [9.17, 15) is 0 Å². The predicted octanol–water partition coefficient (Wildman–Crippen LogP) is 3.46. The van der Waals surface area contributed by atoms with Gasteiger partial charge in [-0.15, -0.1) is 10.2 Å². The number of benzene rings is 1. The lowest BCUT2D eigenvalue weighted by molar-refractivity contribution is 0.269. The summed E-state index contributed by atoms with van der Waals surface area (Å²) in [6.45, 7) is 7.37. The molecule has 102 valence electrons. The largest absolute Gasteiger partial charge is 0.493 e. The molecule has 0 atom stereocenters. The molecule has 0 aliphatic carbocycles. The fourth-order valence-corrected chi connectivity index (χ4v) is 2.06. The second-order valence-corrected chi connectivity index (χ2v) is 5.95. The van der Waals surface area contributed by atoms with Crippen molar-refractivity contribution in [3.05, 3.63) is 34.3 Å². The van der Waals surface area contributed by atoms with Crippen LogP contribution >= 0.6 is 11.3 Å². The van der Waals surface area contributed by atoms with Crippen LogP contribution in [0.4, 0.5) is 0 Å². The summed E-state index contributed by atoms with van der Waals surface area (Å²) in [5.41, 5.74) is 0. The summed E-state index contributed by atoms with van der Waals surface area (Å²) in [6.07, 6.45) is 0. The van der Waals surface area contributed by atoms with Crippen molar-refractivity contribution in [2.75, 3.05) is 6.61 Å². The summed E-state index contributed by atoms with van der Waals surface area (Å²) < 4.78 is 11.3. The van der Waals surface area contributed by atoms with Crippen molar-refractivity contribution in [1.82, 2.24) is 10.2 Å². The van der Waals surface area contributed by atoms with Gasteiger partial charge in [-0.1, -0.05) is 25.2 Å². The highest BCUT2D eigenvalue weighted by atomic mass is 32.1. The molecule has 0 radical (unpaired) electrons. The maximum absolute atomic E-state index is 5.64. The van der Waals surface area contributed by atoms with Gasteiger partial charge in [0.25, 0.3) is 0 Å². The number of nitrogens with zero attached hydrogens (tertiary/aromatic N) is 2. The Balaban J connectivity index is 1.84. The normalized spacial score (nSPS) is 10.7. The highest BCUT2D eigenvalue weighted by molar-refractivity contribution is 7.11. The van der Waals surface area contributed by atoms with Crippen LogP contribution in [0.3, 0.4) is 0 Å². The summed E-state index contributed by atoms with van der Waals surface area (Å²) in [5.74, 6) is 2.20. The van der Waals surface area contributed by atoms with Gasteiger partial charge in [0.2, 0.25) is 0 Å². The maximum atomic E-state index is 5.64. The molecule has 0 spiro atoms. The number of aryl methyl sites for hydroxylation is 1. The van der Waals surface area contributed by atoms with E-state index in [0.29, 0.717) is 12.5 Å². The summed E-state index contributed by atoms with van der Waals surface area (Å²) in [6, 6.07) is 7.65. The number of hydrogen-bond acceptors (Lipinski definition) is 5. The van der Waals surface area contributed by atoms with Gasteiger partial charge >= 0.3 is 0 Å². The first kappa shape index (κ1) is 13.8. The average molecular weight is 278 g/mol. The monoisotopic (exact) mass is 278 g/mol. The Kier molecular flexibility index (Phi) is 4.74. The lowest BCUT2D eigenvalue weighted by Crippen LogP contribution is -2.04. The first-order valence-electron chi connectivity index (χ1n) is 6.28. The van der Waals surface area contributed by atoms with Gasteiger partial charge < -0.3 is 9.47 Å². The minimum Gasteiger partial charge on any atom is -0.493 e. The van der Waals surface area contributed by atoms with Gasteiger partial charge in [-0.3, -0.25) is 0 Å². The fraction of sp³-hybridized carbons (Fsp3) is 0.429. The lowest BCUT2D eigenvalue weighted by atomic mass is 10.2. The molecule has 5 heteroatoms. The van der Waals surface area contributed by atoms with E-state index >= 15 is 0 Å². The van der Waals surface area contributed by atoms with Crippen LogP contribution in [0.15, 0.2) is 24.3 Å². The zero-order valence-corrected chi connectivity index (χ0v) is 12.2. The van der Waals surface area contributed by atoms with E-state index in [1.165, 1.54) is 0 Å². The van der Waals surface area contributed by atoms with E-state index < -0.39 is 0 Å². The van der Waals surface area contributed by atoms with E-state index in [1.807, 2.05) is 31.2 Å². The van der Waals surface area contributed by atoms with Gasteiger partial charge in [-0.25, -0.2) is 0 Å². The van der Waals surface area contributed by atoms with E-state index in [0.717, 1.165) is 28.1 Å². The summed E-state index contributed by atoms with van der Waals surface area (Å²) in [7, 11) is 0. The Morgan fingerprint density at radius 3 is 2.21 bits per heavy atom. The number of rotatable bonds is 6. The van der Waals surface area contributed by atoms with Crippen molar-refractivity contribution in [3.63, 3.8) is 0 Å². The highest BCUT2D eigenvalue weighted by Crippen LogP contribution is 2.19. The first-order chi connectivity index (χ1) is 9.13. The highest BCUT2D eigenvalue weighted by Gasteiger charge is 2.02. The molecule has 0 amide bonds. The number of hydrogen-bond donors (Lipinski definition) is 0. The van der Waals surface area contributed by atoms with E-state index in [4.69, 9.17) is 9.47 Å². The van der Waals surface area contributed by atoms with Crippen molar-refractivity contribution in [2.45, 2.75) is 27.4 Å². The van der Waals surface area contributed by atoms with Crippen LogP contribution in [0.25, 0.3) is 0 Å². The van der Waals surface area contributed by atoms with Crippen LogP contribution in [0.1, 0.15) is 23.9 Å². The molecule has 0 aliphatic heterocycles. The summed E-state index contributed by atoms with van der Waals surface area (Å²) in [4.78, 5) is 0. The van der Waals surface area contributed by atoms with Gasteiger partial charge in [-0.05, 0) is 37.1 Å². The number of aromatic nitrogens is 2. The third kappa shape index (κ3) is 4.52. The zero-order chi connectivity index (χ0) is 13.7. The van der Waals surface area contributed by atoms with Crippen LogP contribution in [0, 0.1) is 12.8 Å². The van der Waals surface area contributed by atoms with Crippen LogP contribution < -0.4 is 9.47 Å². The molecule has 2 rings (SSSR count). The standard InChI is InChI=1S/C14H18N2O2S/c1-10(2)8-17-12-4-6-13(7-5-12)18-9-14-16-15-11(3)19-14/h4-7,10H,8-9H2,1-3H3. The minimum absolute atomic E-state index is 0.456. The van der Waals surface area contributed by atoms with Crippen molar-refractivity contribution in [1.29, 1.82) is 0 Å². The van der Waals surface area contributed by atoms with Crippen LogP contribution in [-0.4, -0.2) is 16.8 Å². The maximum Gasteiger partial charge on any atom is 0.155 e. The quantitative estimate of drug-likeness (QED) is 0.811. The molecule has 0 N–H and O–H groups in total. The van der Waals surface area contributed by atoms with Crippen molar-refractivity contribution in [2.24, 2.45) is 5.92 Å². The Hall–Kier alpha value is -1.62. The van der Waals surface area contributed by atoms with Gasteiger partial charge in [0.1, 0.15) is 23.1 Å². The van der Waals surface area contributed by atoms with Gasteiger partial charge in [0.05, 0.1) is 6.61 Å². The molecule has 1 aromatic carbocycles. The van der Waals surface area contributed by atoms with Crippen LogP contribution in [0.2, 0.25) is 0 Å². The molecule has 0 saturated heterocycles. The molecule has 1 heterocycles. The topological polar surface area (TPSA) is 44.2 Å². The molecule has 1 aromatic heterocycles. The Morgan fingerprint density at radius 1 is 1.05 bits per heavy atom. The molecular weight excluding hydrogens is 260 g/mol. The summed E-state index contributed by atoms with van der Waals surface area (Å²) >= 11 is 1.55. The van der Waals surface area contributed by atoms with E-state index in [2.05, 4.69) is 24.0 Å². The van der Waals surface area contributed by atoms with Gasteiger partial charge in [-0.2, -0.15) is 0 Å². The summed E-state index contributed by atoms with van der Waals surface area (Å²) in [5, 5.41) is 9.81. The zero-order valence-electron chi connectivity index (χ0n) is 11.4. The molecule has 0 aliphatic rings. The number of ether oxygens (including phenoxy) is 2. The molecule has 4 nitrogen and oxygen atoms in total. The SMILES string of the molecule is Cc1nnc(COc2ccc(OCC(C)C)cc2)s1. The van der Waals surface area contributed by atoms with E-state index in [1.54, 1.807) is 11.3 Å². The van der Waals surface area contributed by atoms with Gasteiger partial charge in [0, 0.05) is 0 Å². The first-order valence-corrected chi connectivity index (χ1v) is 7.10. The van der Waals surface area contributed by atoms with Crippen molar-refractivity contribution >= 4 is 11.3 Å². The molecular formula is C14H18N2O2S. The van der Waals surface area contributed by atoms with Gasteiger partial charge in [0.15, 0.2) is 5.01 Å². The predicted molar refractivity (Wildman–Crippen MR) is 75.8 cm³/mol. The Morgan fingerprint density at radius 2 is 1.68 bits per heavy atom. The lowest BCUT2D eigenvalue weighted by Gasteiger charge is -2.09. The molecule has 0 unspecified atom stereocenters. The second kappa shape index (κ2) is 6.52. The Labute approximate surface area is 117 Å². The molecule has 0 bridgehead atoms. The van der Waals surface area contributed by atoms with Crippen molar-refractivity contribution in [3.8, 4) is 11.5 Å². The van der Waals surface area contributed by atoms with E-state index in [-0.39, 0.29) is 0 Å². The Bertz CT molecular complexity index is 508. The fourth-order valence-electron chi connectivity index (χ4n) is 1.44. The second-order valence-electron chi connectivity index (χ2n) is 4.68.